The smallest absolute Gasteiger partial charge is 0.269 e. The second-order valence-corrected chi connectivity index (χ2v) is 3.94. The molecule has 0 bridgehead atoms. The number of non-ortho nitro benzene ring substituents is 1. The number of nitro groups is 1. The quantitative estimate of drug-likeness (QED) is 0.476. The number of nitrogens with zero attached hydrogens (tertiary/aromatic N) is 1. The Balaban J connectivity index is 2.19. The molecule has 0 fully saturated rings. The van der Waals surface area contributed by atoms with Gasteiger partial charge in [0.05, 0.1) is 4.92 Å². The average Bonchev–Trinajstić information content (AvgIpc) is 2.39. The molecule has 2 aromatic rings. The molecule has 0 saturated heterocycles. The summed E-state index contributed by atoms with van der Waals surface area (Å²) in [5.41, 5.74) is 0.559. The summed E-state index contributed by atoms with van der Waals surface area (Å²) < 4.78 is 5.53. The first kappa shape index (κ1) is 12.8. The molecule has 0 spiro atoms. The van der Waals surface area contributed by atoms with Gasteiger partial charge < -0.3 is 4.74 Å². The van der Waals surface area contributed by atoms with Crippen molar-refractivity contribution in [1.82, 2.24) is 0 Å². The van der Waals surface area contributed by atoms with Crippen molar-refractivity contribution in [3.63, 3.8) is 0 Å². The molecule has 0 aliphatic heterocycles. The number of nitro benzene ring substituents is 1. The highest BCUT2D eigenvalue weighted by Gasteiger charge is 2.06. The summed E-state index contributed by atoms with van der Waals surface area (Å²) in [7, 11) is 0. The molecule has 19 heavy (non-hydrogen) atoms. The van der Waals surface area contributed by atoms with Gasteiger partial charge in [-0.15, -0.1) is 0 Å². The van der Waals surface area contributed by atoms with Crippen molar-refractivity contribution in [1.29, 1.82) is 0 Å². The van der Waals surface area contributed by atoms with Crippen molar-refractivity contribution in [3.8, 4) is 11.5 Å². The Morgan fingerprint density at radius 1 is 1.11 bits per heavy atom. The summed E-state index contributed by atoms with van der Waals surface area (Å²) in [5, 5.41) is 10.5. The lowest BCUT2D eigenvalue weighted by Gasteiger charge is -2.06. The molecule has 0 heterocycles. The second-order valence-electron chi connectivity index (χ2n) is 3.94. The van der Waals surface area contributed by atoms with Gasteiger partial charge in [-0.1, -0.05) is 12.1 Å². The molecule has 0 saturated carbocycles. The normalized spacial score (nSPS) is 9.95. The van der Waals surface area contributed by atoms with Crippen LogP contribution in [0.15, 0.2) is 48.5 Å². The van der Waals surface area contributed by atoms with Crippen LogP contribution in [-0.4, -0.2) is 10.7 Å². The molecule has 96 valence electrons. The Morgan fingerprint density at radius 2 is 1.79 bits per heavy atom. The Bertz CT molecular complexity index is 620. The van der Waals surface area contributed by atoms with Crippen LogP contribution in [0.3, 0.4) is 0 Å². The van der Waals surface area contributed by atoms with Gasteiger partial charge in [-0.25, -0.2) is 0 Å². The van der Waals surface area contributed by atoms with E-state index in [1.54, 1.807) is 24.3 Å². The highest BCUT2D eigenvalue weighted by molar-refractivity contribution is 5.94. The fraction of sp³-hybridized carbons (Fsp3) is 0.0714. The molecule has 2 aromatic carbocycles. The lowest BCUT2D eigenvalue weighted by molar-refractivity contribution is -0.384. The van der Waals surface area contributed by atoms with Crippen molar-refractivity contribution < 1.29 is 14.5 Å². The van der Waals surface area contributed by atoms with Crippen LogP contribution in [0, 0.1) is 10.1 Å². The van der Waals surface area contributed by atoms with Gasteiger partial charge in [-0.2, -0.15) is 0 Å². The standard InChI is InChI=1S/C14H11NO4/c1-10(16)11-3-2-4-14(9-11)19-13-7-5-12(6-8-13)15(17)18/h2-9H,1H3. The van der Waals surface area contributed by atoms with Crippen molar-refractivity contribution in [2.24, 2.45) is 0 Å². The molecular weight excluding hydrogens is 246 g/mol. The van der Waals surface area contributed by atoms with E-state index in [1.807, 2.05) is 0 Å². The molecule has 0 aromatic heterocycles. The number of rotatable bonds is 4. The Hall–Kier alpha value is -2.69. The number of carbonyl (C=O) groups excluding carboxylic acids is 1. The predicted octanol–water partition coefficient (Wildman–Crippen LogP) is 3.59. The minimum atomic E-state index is -0.472. The van der Waals surface area contributed by atoms with Crippen LogP contribution in [0.4, 0.5) is 5.69 Å². The van der Waals surface area contributed by atoms with Crippen molar-refractivity contribution in [2.45, 2.75) is 6.92 Å². The van der Waals surface area contributed by atoms with Gasteiger partial charge in [-0.05, 0) is 31.2 Å². The van der Waals surface area contributed by atoms with E-state index in [1.165, 1.54) is 31.2 Å². The van der Waals surface area contributed by atoms with Crippen molar-refractivity contribution in [2.75, 3.05) is 0 Å². The van der Waals surface area contributed by atoms with Gasteiger partial charge in [0.1, 0.15) is 11.5 Å². The number of ether oxygens (including phenoxy) is 1. The maximum Gasteiger partial charge on any atom is 0.269 e. The van der Waals surface area contributed by atoms with E-state index in [9.17, 15) is 14.9 Å². The number of hydrogen-bond donors (Lipinski definition) is 0. The van der Waals surface area contributed by atoms with E-state index in [0.717, 1.165) is 0 Å². The average molecular weight is 257 g/mol. The van der Waals surface area contributed by atoms with Crippen LogP contribution in [0.25, 0.3) is 0 Å². The molecule has 0 N–H and O–H groups in total. The molecule has 0 amide bonds. The SMILES string of the molecule is CC(=O)c1cccc(Oc2ccc([N+](=O)[O-])cc2)c1. The van der Waals surface area contributed by atoms with Crippen LogP contribution in [0.5, 0.6) is 11.5 Å². The van der Waals surface area contributed by atoms with Crippen LogP contribution < -0.4 is 4.74 Å². The minimum Gasteiger partial charge on any atom is -0.457 e. The lowest BCUT2D eigenvalue weighted by atomic mass is 10.1. The topological polar surface area (TPSA) is 69.4 Å². The summed E-state index contributed by atoms with van der Waals surface area (Å²) in [6.45, 7) is 1.48. The van der Waals surface area contributed by atoms with Gasteiger partial charge >= 0.3 is 0 Å². The highest BCUT2D eigenvalue weighted by atomic mass is 16.6. The van der Waals surface area contributed by atoms with E-state index >= 15 is 0 Å². The Kier molecular flexibility index (Phi) is 3.56. The maximum atomic E-state index is 11.2. The van der Waals surface area contributed by atoms with E-state index in [-0.39, 0.29) is 11.5 Å². The summed E-state index contributed by atoms with van der Waals surface area (Å²) in [6.07, 6.45) is 0. The number of benzene rings is 2. The number of carbonyl (C=O) groups is 1. The summed E-state index contributed by atoms with van der Waals surface area (Å²) in [5.74, 6) is 0.946. The van der Waals surface area contributed by atoms with Crippen LogP contribution in [0.1, 0.15) is 17.3 Å². The maximum absolute atomic E-state index is 11.2. The molecular formula is C14H11NO4. The fourth-order valence-corrected chi connectivity index (χ4v) is 1.55. The molecule has 5 nitrogen and oxygen atoms in total. The summed E-state index contributed by atoms with van der Waals surface area (Å²) in [6, 6.07) is 12.5. The third-order valence-electron chi connectivity index (χ3n) is 2.52. The number of ketones is 1. The molecule has 0 unspecified atom stereocenters. The third kappa shape index (κ3) is 3.16. The molecule has 0 atom stereocenters. The second kappa shape index (κ2) is 5.30. The zero-order chi connectivity index (χ0) is 13.8. The minimum absolute atomic E-state index is 0.00448. The lowest BCUT2D eigenvalue weighted by Crippen LogP contribution is -1.93. The summed E-state index contributed by atoms with van der Waals surface area (Å²) >= 11 is 0. The van der Waals surface area contributed by atoms with E-state index in [0.29, 0.717) is 17.1 Å². The van der Waals surface area contributed by atoms with Gasteiger partial charge in [0.2, 0.25) is 0 Å². The monoisotopic (exact) mass is 257 g/mol. The first-order chi connectivity index (χ1) is 9.06. The van der Waals surface area contributed by atoms with Gasteiger partial charge in [0.25, 0.3) is 5.69 Å². The number of hydrogen-bond acceptors (Lipinski definition) is 4. The zero-order valence-corrected chi connectivity index (χ0v) is 10.2. The van der Waals surface area contributed by atoms with Gasteiger partial charge in [0, 0.05) is 17.7 Å². The van der Waals surface area contributed by atoms with Gasteiger partial charge in [0.15, 0.2) is 5.78 Å². The highest BCUT2D eigenvalue weighted by Crippen LogP contribution is 2.24. The van der Waals surface area contributed by atoms with Crippen LogP contribution in [0.2, 0.25) is 0 Å². The summed E-state index contributed by atoms with van der Waals surface area (Å²) in [4.78, 5) is 21.3. The van der Waals surface area contributed by atoms with E-state index in [2.05, 4.69) is 0 Å². The zero-order valence-electron chi connectivity index (χ0n) is 10.2. The first-order valence-corrected chi connectivity index (χ1v) is 5.59. The third-order valence-corrected chi connectivity index (χ3v) is 2.52. The Labute approximate surface area is 109 Å². The predicted molar refractivity (Wildman–Crippen MR) is 69.6 cm³/mol. The molecule has 0 radical (unpaired) electrons. The van der Waals surface area contributed by atoms with Gasteiger partial charge in [-0.3, -0.25) is 14.9 Å². The van der Waals surface area contributed by atoms with E-state index < -0.39 is 4.92 Å². The largest absolute Gasteiger partial charge is 0.457 e. The Morgan fingerprint density at radius 3 is 2.37 bits per heavy atom. The van der Waals surface area contributed by atoms with Crippen LogP contribution >= 0.6 is 0 Å². The van der Waals surface area contributed by atoms with Crippen LogP contribution in [-0.2, 0) is 0 Å². The molecule has 5 heteroatoms. The fourth-order valence-electron chi connectivity index (χ4n) is 1.55. The number of Topliss-reactive ketones (excluding diaryl/α,β-unsaturated/α-hetero) is 1. The molecule has 0 aliphatic rings. The van der Waals surface area contributed by atoms with Crippen molar-refractivity contribution in [3.05, 3.63) is 64.2 Å². The van der Waals surface area contributed by atoms with E-state index in [4.69, 9.17) is 4.74 Å². The molecule has 0 aliphatic carbocycles. The molecule has 2 rings (SSSR count). The first-order valence-electron chi connectivity index (χ1n) is 5.59. The van der Waals surface area contributed by atoms with Crippen molar-refractivity contribution >= 4 is 11.5 Å².